The number of carbonyl (C=O) groups is 1. The van der Waals surface area contributed by atoms with Gasteiger partial charge in [-0.3, -0.25) is 14.2 Å². The number of rotatable bonds is 5. The highest BCUT2D eigenvalue weighted by molar-refractivity contribution is 5.94. The van der Waals surface area contributed by atoms with E-state index >= 15 is 0 Å². The zero-order valence-electron chi connectivity index (χ0n) is 16.7. The van der Waals surface area contributed by atoms with Crippen LogP contribution in [-0.4, -0.2) is 27.3 Å². The molecule has 0 atom stereocenters. The maximum Gasteiger partial charge on any atom is 0.251 e. The van der Waals surface area contributed by atoms with Crippen LogP contribution in [0.25, 0.3) is 16.9 Å². The summed E-state index contributed by atoms with van der Waals surface area (Å²) < 4.78 is 2.00. The van der Waals surface area contributed by atoms with E-state index in [2.05, 4.69) is 47.7 Å². The van der Waals surface area contributed by atoms with E-state index in [9.17, 15) is 4.79 Å². The largest absolute Gasteiger partial charge is 0.355 e. The third kappa shape index (κ3) is 3.45. The van der Waals surface area contributed by atoms with Crippen LogP contribution in [0.4, 0.5) is 11.5 Å². The fourth-order valence-electron chi connectivity index (χ4n) is 3.47. The Kier molecular flexibility index (Phi) is 4.99. The van der Waals surface area contributed by atoms with Crippen LogP contribution in [0.15, 0.2) is 61.1 Å². The number of amides is 1. The molecule has 0 saturated heterocycles. The van der Waals surface area contributed by atoms with E-state index in [4.69, 9.17) is 4.98 Å². The number of nitrogens with one attached hydrogen (secondary N) is 2. The lowest BCUT2D eigenvalue weighted by molar-refractivity contribution is 0.0963. The molecule has 0 unspecified atom stereocenters. The first-order valence-corrected chi connectivity index (χ1v) is 9.62. The number of anilines is 2. The summed E-state index contributed by atoms with van der Waals surface area (Å²) in [7, 11) is 1.63. The van der Waals surface area contributed by atoms with Crippen molar-refractivity contribution in [2.45, 2.75) is 20.3 Å². The first-order valence-electron chi connectivity index (χ1n) is 9.62. The Labute approximate surface area is 169 Å². The normalized spacial score (nSPS) is 10.9. The van der Waals surface area contributed by atoms with E-state index in [1.807, 2.05) is 34.9 Å². The molecule has 0 fully saturated rings. The third-order valence-corrected chi connectivity index (χ3v) is 5.06. The summed E-state index contributed by atoms with van der Waals surface area (Å²) in [5.41, 5.74) is 6.62. The average molecular weight is 385 g/mol. The Morgan fingerprint density at radius 1 is 1.14 bits per heavy atom. The molecule has 0 bridgehead atoms. The average Bonchev–Trinajstić information content (AvgIpc) is 3.13. The van der Waals surface area contributed by atoms with Crippen LogP contribution in [0.5, 0.6) is 0 Å². The smallest absolute Gasteiger partial charge is 0.251 e. The standard InChI is InChI=1S/C23H23N5O/c1-4-16-7-5-6-15(2)20(16)27-22-21(26-19-14-25-12-13-28(19)22)17-8-10-18(11-9-17)23(29)24-3/h5-14,27H,4H2,1-3H3,(H,24,29). The van der Waals surface area contributed by atoms with Crippen LogP contribution in [-0.2, 0) is 6.42 Å². The van der Waals surface area contributed by atoms with Crippen molar-refractivity contribution in [1.29, 1.82) is 0 Å². The molecule has 0 aliphatic heterocycles. The zero-order valence-corrected chi connectivity index (χ0v) is 16.7. The van der Waals surface area contributed by atoms with Crippen molar-refractivity contribution in [1.82, 2.24) is 19.7 Å². The predicted molar refractivity (Wildman–Crippen MR) is 116 cm³/mol. The van der Waals surface area contributed by atoms with E-state index in [0.29, 0.717) is 5.56 Å². The molecule has 0 saturated carbocycles. The number of fused-ring (bicyclic) bond motifs is 1. The number of para-hydroxylation sites is 1. The number of aryl methyl sites for hydroxylation is 2. The van der Waals surface area contributed by atoms with Crippen molar-refractivity contribution in [3.05, 3.63) is 77.7 Å². The van der Waals surface area contributed by atoms with Crippen LogP contribution < -0.4 is 10.6 Å². The van der Waals surface area contributed by atoms with Crippen molar-refractivity contribution in [3.63, 3.8) is 0 Å². The molecule has 29 heavy (non-hydrogen) atoms. The van der Waals surface area contributed by atoms with Gasteiger partial charge in [0.15, 0.2) is 5.65 Å². The Morgan fingerprint density at radius 3 is 2.66 bits per heavy atom. The van der Waals surface area contributed by atoms with Gasteiger partial charge in [-0.05, 0) is 36.6 Å². The summed E-state index contributed by atoms with van der Waals surface area (Å²) in [6.45, 7) is 4.25. The van der Waals surface area contributed by atoms with Gasteiger partial charge in [-0.2, -0.15) is 0 Å². The first-order chi connectivity index (χ1) is 14.1. The summed E-state index contributed by atoms with van der Waals surface area (Å²) in [4.78, 5) is 20.9. The van der Waals surface area contributed by atoms with Gasteiger partial charge in [0, 0.05) is 36.3 Å². The number of carbonyl (C=O) groups excluding carboxylic acids is 1. The first kappa shape index (κ1) is 18.7. The van der Waals surface area contributed by atoms with Gasteiger partial charge in [-0.15, -0.1) is 0 Å². The van der Waals surface area contributed by atoms with Gasteiger partial charge >= 0.3 is 0 Å². The molecule has 0 aliphatic rings. The van der Waals surface area contributed by atoms with Crippen molar-refractivity contribution < 1.29 is 4.79 Å². The highest BCUT2D eigenvalue weighted by Crippen LogP contribution is 2.33. The Morgan fingerprint density at radius 2 is 1.93 bits per heavy atom. The van der Waals surface area contributed by atoms with Gasteiger partial charge in [0.1, 0.15) is 11.5 Å². The molecule has 4 aromatic rings. The number of nitrogens with zero attached hydrogens (tertiary/aromatic N) is 3. The molecule has 4 rings (SSSR count). The highest BCUT2D eigenvalue weighted by atomic mass is 16.1. The molecule has 2 aromatic carbocycles. The topological polar surface area (TPSA) is 71.3 Å². The van der Waals surface area contributed by atoms with Gasteiger partial charge in [0.2, 0.25) is 0 Å². The minimum absolute atomic E-state index is 0.110. The number of imidazole rings is 1. The molecule has 6 nitrogen and oxygen atoms in total. The number of hydrogen-bond acceptors (Lipinski definition) is 4. The van der Waals surface area contributed by atoms with E-state index in [-0.39, 0.29) is 5.91 Å². The second kappa shape index (κ2) is 7.75. The minimum atomic E-state index is -0.110. The molecule has 0 radical (unpaired) electrons. The van der Waals surface area contributed by atoms with E-state index < -0.39 is 0 Å². The van der Waals surface area contributed by atoms with Gasteiger partial charge in [-0.25, -0.2) is 4.98 Å². The summed E-state index contributed by atoms with van der Waals surface area (Å²) in [5, 5.41) is 6.27. The van der Waals surface area contributed by atoms with Crippen molar-refractivity contribution in [3.8, 4) is 11.3 Å². The quantitative estimate of drug-likeness (QED) is 0.535. The predicted octanol–water partition coefficient (Wildman–Crippen LogP) is 4.37. The van der Waals surface area contributed by atoms with Gasteiger partial charge in [0.05, 0.1) is 6.20 Å². The van der Waals surface area contributed by atoms with Crippen LogP contribution in [0.2, 0.25) is 0 Å². The third-order valence-electron chi connectivity index (χ3n) is 5.06. The fourth-order valence-corrected chi connectivity index (χ4v) is 3.47. The van der Waals surface area contributed by atoms with E-state index in [1.54, 1.807) is 19.4 Å². The van der Waals surface area contributed by atoms with Gasteiger partial charge < -0.3 is 10.6 Å². The summed E-state index contributed by atoms with van der Waals surface area (Å²) in [6, 6.07) is 13.8. The van der Waals surface area contributed by atoms with Crippen LogP contribution in [0, 0.1) is 6.92 Å². The lowest BCUT2D eigenvalue weighted by Gasteiger charge is -2.15. The molecule has 2 N–H and O–H groups in total. The van der Waals surface area contributed by atoms with Crippen molar-refractivity contribution >= 4 is 23.1 Å². The molecule has 0 aliphatic carbocycles. The zero-order chi connectivity index (χ0) is 20.4. The molecule has 146 valence electrons. The SMILES string of the molecule is CCc1cccc(C)c1Nc1c(-c2ccc(C(=O)NC)cc2)nc2cnccn12. The molecule has 2 aromatic heterocycles. The lowest BCUT2D eigenvalue weighted by Crippen LogP contribution is -2.17. The Bertz CT molecular complexity index is 1180. The number of aromatic nitrogens is 3. The van der Waals surface area contributed by atoms with Crippen molar-refractivity contribution in [2.24, 2.45) is 0 Å². The van der Waals surface area contributed by atoms with Crippen molar-refractivity contribution in [2.75, 3.05) is 12.4 Å². The maximum atomic E-state index is 11.9. The van der Waals surface area contributed by atoms with Crippen LogP contribution in [0.1, 0.15) is 28.4 Å². The second-order valence-corrected chi connectivity index (χ2v) is 6.86. The Hall–Kier alpha value is -3.67. The lowest BCUT2D eigenvalue weighted by atomic mass is 10.1. The van der Waals surface area contributed by atoms with Crippen LogP contribution >= 0.6 is 0 Å². The summed E-state index contributed by atoms with van der Waals surface area (Å²) >= 11 is 0. The monoisotopic (exact) mass is 385 g/mol. The van der Waals surface area contributed by atoms with E-state index in [0.717, 1.165) is 34.8 Å². The van der Waals surface area contributed by atoms with E-state index in [1.165, 1.54) is 11.1 Å². The molecule has 0 spiro atoms. The molecular weight excluding hydrogens is 362 g/mol. The van der Waals surface area contributed by atoms with Crippen LogP contribution in [0.3, 0.4) is 0 Å². The van der Waals surface area contributed by atoms with Gasteiger partial charge in [0.25, 0.3) is 5.91 Å². The second-order valence-electron chi connectivity index (χ2n) is 6.86. The number of hydrogen-bond donors (Lipinski definition) is 2. The molecule has 1 amide bonds. The van der Waals surface area contributed by atoms with Gasteiger partial charge in [-0.1, -0.05) is 37.3 Å². The molecular formula is C23H23N5O. The minimum Gasteiger partial charge on any atom is -0.355 e. The Balaban J connectivity index is 1.85. The number of benzene rings is 2. The maximum absolute atomic E-state index is 11.9. The fraction of sp³-hybridized carbons (Fsp3) is 0.174. The summed E-state index contributed by atoms with van der Waals surface area (Å²) in [6.07, 6.45) is 6.32. The molecule has 6 heteroatoms. The molecule has 2 heterocycles. The summed E-state index contributed by atoms with van der Waals surface area (Å²) in [5.74, 6) is 0.765. The highest BCUT2D eigenvalue weighted by Gasteiger charge is 2.17.